The molecule has 0 spiro atoms. The molecule has 3 heterocycles. The molecule has 0 aliphatic carbocycles. The Morgan fingerprint density at radius 3 is 2.89 bits per heavy atom. The first-order valence-corrected chi connectivity index (χ1v) is 12.3. The Morgan fingerprint density at radius 2 is 2.11 bits per heavy atom. The van der Waals surface area contributed by atoms with Gasteiger partial charge in [-0.15, -0.1) is 0 Å². The molecule has 1 unspecified atom stereocenters. The molecule has 0 bridgehead atoms. The number of amides is 1. The van der Waals surface area contributed by atoms with Gasteiger partial charge in [-0.25, -0.2) is 0 Å². The van der Waals surface area contributed by atoms with Crippen LogP contribution in [-0.2, 0) is 27.0 Å². The molecule has 0 saturated carbocycles. The number of phenols is 1. The van der Waals surface area contributed by atoms with Crippen LogP contribution in [0.4, 0.5) is 13.2 Å². The van der Waals surface area contributed by atoms with E-state index in [1.54, 1.807) is 31.5 Å². The van der Waals surface area contributed by atoms with Crippen molar-refractivity contribution in [3.63, 3.8) is 0 Å². The summed E-state index contributed by atoms with van der Waals surface area (Å²) in [6, 6.07) is 8.55. The fourth-order valence-electron chi connectivity index (χ4n) is 4.31. The van der Waals surface area contributed by atoms with Crippen LogP contribution >= 0.6 is 11.8 Å². The van der Waals surface area contributed by atoms with E-state index in [4.69, 9.17) is 9.47 Å². The van der Waals surface area contributed by atoms with Crippen molar-refractivity contribution in [2.45, 2.75) is 18.8 Å². The van der Waals surface area contributed by atoms with Crippen molar-refractivity contribution in [1.82, 2.24) is 14.7 Å². The van der Waals surface area contributed by atoms with Crippen LogP contribution in [0, 0.1) is 0 Å². The average Bonchev–Trinajstić information content (AvgIpc) is 3.43. The molecule has 8 nitrogen and oxygen atoms in total. The Labute approximate surface area is 214 Å². The van der Waals surface area contributed by atoms with Crippen molar-refractivity contribution in [2.24, 2.45) is 4.99 Å². The maximum absolute atomic E-state index is 13.4. The minimum Gasteiger partial charge on any atom is -0.508 e. The number of hydrogen-bond acceptors (Lipinski definition) is 7. The number of benzene rings is 2. The molecule has 1 aromatic heterocycles. The molecule has 1 fully saturated rings. The summed E-state index contributed by atoms with van der Waals surface area (Å²) in [4.78, 5) is 19.3. The van der Waals surface area contributed by atoms with E-state index in [9.17, 15) is 23.1 Å². The monoisotopic (exact) mass is 532 g/mol. The average molecular weight is 533 g/mol. The van der Waals surface area contributed by atoms with Gasteiger partial charge >= 0.3 is 6.18 Å². The number of morpholine rings is 1. The first-order chi connectivity index (χ1) is 17.7. The highest BCUT2D eigenvalue weighted by molar-refractivity contribution is 8.18. The summed E-state index contributed by atoms with van der Waals surface area (Å²) in [5, 5.41) is 15.1. The zero-order valence-electron chi connectivity index (χ0n) is 19.7. The van der Waals surface area contributed by atoms with Crippen molar-refractivity contribution in [1.29, 1.82) is 0 Å². The first kappa shape index (κ1) is 25.3. The van der Waals surface area contributed by atoms with E-state index < -0.39 is 17.5 Å². The molecule has 2 aliphatic heterocycles. The van der Waals surface area contributed by atoms with Crippen LogP contribution in [0.3, 0.4) is 0 Å². The number of ether oxygens (including phenoxy) is 2. The largest absolute Gasteiger partial charge is 0.508 e. The number of alkyl halides is 3. The number of halogens is 3. The van der Waals surface area contributed by atoms with Gasteiger partial charge < -0.3 is 19.5 Å². The number of carbonyl (C=O) groups is 1. The van der Waals surface area contributed by atoms with Crippen molar-refractivity contribution in [3.8, 4) is 5.75 Å². The standard InChI is InChI=1S/C25H23F3N4O4S/c1-35-14-19-13-31(6-7-36-19)24-30-23(34)22(37-24)9-15-2-5-21-17(8-15)11-29-32(21)12-16-3-4-18(33)10-20(16)25(26,27)28/h2-5,8-11,19,33H,6-7,12-14H2,1H3/b22-9-. The van der Waals surface area contributed by atoms with E-state index in [0.29, 0.717) is 53.3 Å². The normalized spacial score (nSPS) is 19.7. The van der Waals surface area contributed by atoms with E-state index in [1.807, 2.05) is 11.0 Å². The highest BCUT2D eigenvalue weighted by Gasteiger charge is 2.34. The summed E-state index contributed by atoms with van der Waals surface area (Å²) < 4.78 is 52.6. The van der Waals surface area contributed by atoms with Gasteiger partial charge in [-0.1, -0.05) is 12.1 Å². The van der Waals surface area contributed by atoms with Crippen LogP contribution in [-0.4, -0.2) is 70.4 Å². The maximum Gasteiger partial charge on any atom is 0.416 e. The zero-order valence-corrected chi connectivity index (χ0v) is 20.6. The minimum atomic E-state index is -4.60. The Hall–Kier alpha value is -3.35. The molecule has 2 aromatic carbocycles. The van der Waals surface area contributed by atoms with Crippen LogP contribution in [0.25, 0.3) is 17.0 Å². The van der Waals surface area contributed by atoms with E-state index in [0.717, 1.165) is 5.56 Å². The molecular weight excluding hydrogens is 509 g/mol. The second-order valence-electron chi connectivity index (χ2n) is 8.66. The van der Waals surface area contributed by atoms with Gasteiger partial charge in [-0.05, 0) is 53.2 Å². The molecule has 1 N–H and O–H groups in total. The van der Waals surface area contributed by atoms with E-state index in [2.05, 4.69) is 10.1 Å². The zero-order chi connectivity index (χ0) is 26.2. The van der Waals surface area contributed by atoms with Crippen LogP contribution < -0.4 is 0 Å². The lowest BCUT2D eigenvalue weighted by Crippen LogP contribution is -2.46. The Balaban J connectivity index is 1.33. The Kier molecular flexibility index (Phi) is 6.97. The highest BCUT2D eigenvalue weighted by Crippen LogP contribution is 2.35. The summed E-state index contributed by atoms with van der Waals surface area (Å²) in [6.45, 7) is 2.09. The first-order valence-electron chi connectivity index (χ1n) is 11.4. The maximum atomic E-state index is 13.4. The number of methoxy groups -OCH3 is 1. The van der Waals surface area contributed by atoms with Gasteiger partial charge in [-0.2, -0.15) is 23.3 Å². The topological polar surface area (TPSA) is 89.2 Å². The number of hydrogen-bond donors (Lipinski definition) is 1. The Bertz CT molecular complexity index is 1400. The number of thioether (sulfide) groups is 1. The number of aromatic hydroxyl groups is 1. The van der Waals surface area contributed by atoms with E-state index in [-0.39, 0.29) is 24.1 Å². The summed E-state index contributed by atoms with van der Waals surface area (Å²) in [5.74, 6) is -0.772. The molecular formula is C25H23F3N4O4S. The molecule has 194 valence electrons. The lowest BCUT2D eigenvalue weighted by atomic mass is 10.1. The third-order valence-electron chi connectivity index (χ3n) is 6.05. The van der Waals surface area contributed by atoms with Crippen molar-refractivity contribution in [3.05, 3.63) is 64.2 Å². The number of aromatic nitrogens is 2. The molecule has 1 amide bonds. The number of fused-ring (bicyclic) bond motifs is 1. The van der Waals surface area contributed by atoms with Gasteiger partial charge in [0, 0.05) is 25.6 Å². The van der Waals surface area contributed by atoms with E-state index in [1.165, 1.54) is 28.6 Å². The van der Waals surface area contributed by atoms with Crippen LogP contribution in [0.2, 0.25) is 0 Å². The minimum absolute atomic E-state index is 0.00465. The fourth-order valence-corrected chi connectivity index (χ4v) is 5.26. The molecule has 37 heavy (non-hydrogen) atoms. The number of rotatable bonds is 5. The molecule has 0 radical (unpaired) electrons. The second kappa shape index (κ2) is 10.2. The number of phenolic OH excluding ortho intramolecular Hbond substituents is 1. The summed E-state index contributed by atoms with van der Waals surface area (Å²) in [6.07, 6.45) is -1.37. The fraction of sp³-hybridized carbons (Fsp3) is 0.320. The number of carbonyl (C=O) groups excluding carboxylic acids is 1. The highest BCUT2D eigenvalue weighted by atomic mass is 32.2. The number of aliphatic imine (C=N–C) groups is 1. The van der Waals surface area contributed by atoms with Gasteiger partial charge in [0.15, 0.2) is 5.17 Å². The molecule has 1 saturated heterocycles. The van der Waals surface area contributed by atoms with Crippen LogP contribution in [0.5, 0.6) is 5.75 Å². The Morgan fingerprint density at radius 1 is 1.27 bits per heavy atom. The smallest absolute Gasteiger partial charge is 0.416 e. The molecule has 12 heteroatoms. The SMILES string of the molecule is COCC1CN(C2=NC(=O)/C(=C/c3ccc4c(cnn4Cc4ccc(O)cc4C(F)(F)F)c3)S2)CCO1. The van der Waals surface area contributed by atoms with Crippen molar-refractivity contribution in [2.75, 3.05) is 33.4 Å². The van der Waals surface area contributed by atoms with Crippen molar-refractivity contribution >= 4 is 39.8 Å². The number of nitrogens with zero attached hydrogens (tertiary/aromatic N) is 4. The molecule has 2 aliphatic rings. The number of amidine groups is 1. The van der Waals surface area contributed by atoms with Crippen LogP contribution in [0.1, 0.15) is 16.7 Å². The second-order valence-corrected chi connectivity index (χ2v) is 9.67. The predicted octanol–water partition coefficient (Wildman–Crippen LogP) is 4.13. The van der Waals surface area contributed by atoms with Crippen molar-refractivity contribution < 1.29 is 32.5 Å². The van der Waals surface area contributed by atoms with Gasteiger partial charge in [0.25, 0.3) is 5.91 Å². The molecule has 5 rings (SSSR count). The lowest BCUT2D eigenvalue weighted by molar-refractivity contribution is -0.138. The lowest BCUT2D eigenvalue weighted by Gasteiger charge is -2.33. The third kappa shape index (κ3) is 5.50. The van der Waals surface area contributed by atoms with Gasteiger partial charge in [-0.3, -0.25) is 9.48 Å². The van der Waals surface area contributed by atoms with E-state index >= 15 is 0 Å². The quantitative estimate of drug-likeness (QED) is 0.495. The van der Waals surface area contributed by atoms with Gasteiger partial charge in [0.1, 0.15) is 5.75 Å². The summed E-state index contributed by atoms with van der Waals surface area (Å²) in [5.41, 5.74) is 0.483. The summed E-state index contributed by atoms with van der Waals surface area (Å²) in [7, 11) is 1.61. The van der Waals surface area contributed by atoms with Gasteiger partial charge in [0.2, 0.25) is 0 Å². The van der Waals surface area contributed by atoms with Crippen LogP contribution in [0.15, 0.2) is 52.5 Å². The summed E-state index contributed by atoms with van der Waals surface area (Å²) >= 11 is 1.30. The van der Waals surface area contributed by atoms with Gasteiger partial charge in [0.05, 0.1) is 48.0 Å². The third-order valence-corrected chi connectivity index (χ3v) is 7.10. The molecule has 3 aromatic rings. The predicted molar refractivity (Wildman–Crippen MR) is 133 cm³/mol. The molecule has 1 atom stereocenters.